The Hall–Kier alpha value is -2.82. The van der Waals surface area contributed by atoms with Crippen molar-refractivity contribution in [3.05, 3.63) is 60.6 Å². The fraction of sp³-hybridized carbons (Fsp3) is 0.0667. The van der Waals surface area contributed by atoms with E-state index in [1.165, 1.54) is 24.6 Å². The minimum atomic E-state index is -0.530. The molecule has 2 aromatic heterocycles. The van der Waals surface area contributed by atoms with Gasteiger partial charge in [-0.25, -0.2) is 0 Å². The van der Waals surface area contributed by atoms with Gasteiger partial charge in [0.05, 0.1) is 5.52 Å². The molecule has 0 aliphatic heterocycles. The summed E-state index contributed by atoms with van der Waals surface area (Å²) in [6.45, 7) is 1.23. The normalized spacial score (nSPS) is 9.65. The molecule has 1 N–H and O–H groups in total. The van der Waals surface area contributed by atoms with Crippen molar-refractivity contribution >= 4 is 22.5 Å². The van der Waals surface area contributed by atoms with E-state index in [0.717, 1.165) is 5.52 Å². The van der Waals surface area contributed by atoms with E-state index in [-0.39, 0.29) is 5.69 Å². The highest BCUT2D eigenvalue weighted by Gasteiger charge is 2.10. The van der Waals surface area contributed by atoms with E-state index < -0.39 is 11.6 Å². The third kappa shape index (κ3) is 3.35. The summed E-state index contributed by atoms with van der Waals surface area (Å²) in [6, 6.07) is 13.5. The van der Waals surface area contributed by atoms with Crippen LogP contribution in [0.25, 0.3) is 10.9 Å². The average molecular weight is 267 g/mol. The molecular formula is C15H13N3O2. The molecule has 3 rings (SSSR count). The van der Waals surface area contributed by atoms with Gasteiger partial charge >= 0.3 is 0 Å². The molecule has 0 radical (unpaired) electrons. The van der Waals surface area contributed by atoms with Crippen molar-refractivity contribution < 1.29 is 9.59 Å². The van der Waals surface area contributed by atoms with E-state index >= 15 is 0 Å². The zero-order chi connectivity index (χ0) is 14.4. The number of rotatable bonds is 2. The van der Waals surface area contributed by atoms with E-state index in [1.807, 2.05) is 30.5 Å². The first-order chi connectivity index (χ1) is 9.68. The van der Waals surface area contributed by atoms with Crippen LogP contribution in [0.4, 0.5) is 0 Å². The molecule has 0 fully saturated rings. The second kappa shape index (κ2) is 6.38. The van der Waals surface area contributed by atoms with Crippen molar-refractivity contribution in [2.75, 3.05) is 0 Å². The monoisotopic (exact) mass is 267 g/mol. The van der Waals surface area contributed by atoms with E-state index in [0.29, 0.717) is 0 Å². The van der Waals surface area contributed by atoms with Gasteiger partial charge in [0.1, 0.15) is 5.69 Å². The largest absolute Gasteiger partial charge is 0.291 e. The summed E-state index contributed by atoms with van der Waals surface area (Å²) in [5, 5.41) is 7.12. The van der Waals surface area contributed by atoms with Gasteiger partial charge in [0.15, 0.2) is 0 Å². The van der Waals surface area contributed by atoms with Crippen molar-refractivity contribution in [3.8, 4) is 0 Å². The third-order valence-electron chi connectivity index (χ3n) is 2.58. The topological polar surface area (TPSA) is 75.7 Å². The van der Waals surface area contributed by atoms with Gasteiger partial charge in [-0.15, -0.1) is 0 Å². The predicted molar refractivity (Wildman–Crippen MR) is 75.3 cm³/mol. The highest BCUT2D eigenvalue weighted by atomic mass is 16.2. The molecule has 5 nitrogen and oxygen atoms in total. The molecule has 100 valence electrons. The molecule has 0 spiro atoms. The minimum absolute atomic E-state index is 0.243. The Morgan fingerprint density at radius 3 is 2.40 bits per heavy atom. The first-order valence-corrected chi connectivity index (χ1v) is 6.03. The number of hydrogen-bond acceptors (Lipinski definition) is 4. The number of aromatic amines is 1. The maximum atomic E-state index is 10.8. The maximum absolute atomic E-state index is 10.8. The lowest BCUT2D eigenvalue weighted by Gasteiger charge is -1.91. The van der Waals surface area contributed by atoms with E-state index in [1.54, 1.807) is 0 Å². The molecule has 0 saturated heterocycles. The second-order valence-electron chi connectivity index (χ2n) is 4.05. The van der Waals surface area contributed by atoms with E-state index in [9.17, 15) is 9.59 Å². The number of aromatic nitrogens is 3. The number of carbonyl (C=O) groups excluding carboxylic acids is 2. The number of hydrogen-bond donors (Lipinski definition) is 1. The molecule has 0 unspecified atom stereocenters. The fourth-order valence-corrected chi connectivity index (χ4v) is 1.59. The number of nitrogens with zero attached hydrogens (tertiary/aromatic N) is 2. The molecule has 0 saturated carbocycles. The molecule has 0 aliphatic carbocycles. The maximum Gasteiger partial charge on any atom is 0.245 e. The first-order valence-electron chi connectivity index (χ1n) is 6.03. The Kier molecular flexibility index (Phi) is 4.34. The lowest BCUT2D eigenvalue weighted by molar-refractivity contribution is -0.113. The van der Waals surface area contributed by atoms with Crippen molar-refractivity contribution in [1.82, 2.24) is 15.2 Å². The zero-order valence-electron chi connectivity index (χ0n) is 10.9. The smallest absolute Gasteiger partial charge is 0.245 e. The van der Waals surface area contributed by atoms with Crippen LogP contribution in [0, 0.1) is 0 Å². The standard InChI is InChI=1S/C9H7N.C6H6N2O2/c1-2-6-9-8(4-1)5-3-7-10-9;1-4(9)6(10)5-2-3-7-8-5/h1-7H;2-3H,1H3,(H,7,8). The Morgan fingerprint density at radius 2 is 1.75 bits per heavy atom. The summed E-state index contributed by atoms with van der Waals surface area (Å²) in [5.41, 5.74) is 1.30. The summed E-state index contributed by atoms with van der Waals surface area (Å²) in [5.74, 6) is -1.01. The number of nitrogens with one attached hydrogen (secondary N) is 1. The molecule has 0 aliphatic rings. The predicted octanol–water partition coefficient (Wildman–Crippen LogP) is 2.42. The van der Waals surface area contributed by atoms with Crippen LogP contribution in [0.2, 0.25) is 0 Å². The molecule has 1 aromatic carbocycles. The van der Waals surface area contributed by atoms with E-state index in [4.69, 9.17) is 0 Å². The van der Waals surface area contributed by atoms with Crippen LogP contribution in [0.3, 0.4) is 0 Å². The van der Waals surface area contributed by atoms with Gasteiger partial charge in [-0.2, -0.15) is 5.10 Å². The fourth-order valence-electron chi connectivity index (χ4n) is 1.59. The molecule has 2 heterocycles. The Balaban J connectivity index is 0.000000147. The van der Waals surface area contributed by atoms with Crippen molar-refractivity contribution in [1.29, 1.82) is 0 Å². The van der Waals surface area contributed by atoms with Gasteiger partial charge in [0.2, 0.25) is 11.6 Å². The van der Waals surface area contributed by atoms with Crippen molar-refractivity contribution in [3.63, 3.8) is 0 Å². The van der Waals surface area contributed by atoms with Crippen LogP contribution >= 0.6 is 0 Å². The summed E-state index contributed by atoms with van der Waals surface area (Å²) in [7, 11) is 0. The number of carbonyl (C=O) groups is 2. The molecule has 0 atom stereocenters. The lowest BCUT2D eigenvalue weighted by atomic mass is 10.2. The van der Waals surface area contributed by atoms with Crippen LogP contribution in [-0.2, 0) is 4.79 Å². The van der Waals surface area contributed by atoms with Gasteiger partial charge in [0, 0.05) is 24.7 Å². The molecule has 5 heteroatoms. The molecule has 20 heavy (non-hydrogen) atoms. The van der Waals surface area contributed by atoms with Crippen LogP contribution < -0.4 is 0 Å². The quantitative estimate of drug-likeness (QED) is 0.571. The van der Waals surface area contributed by atoms with Gasteiger partial charge in [-0.3, -0.25) is 19.7 Å². The minimum Gasteiger partial charge on any atom is -0.291 e. The number of H-pyrrole nitrogens is 1. The van der Waals surface area contributed by atoms with Crippen molar-refractivity contribution in [2.45, 2.75) is 6.92 Å². The first kappa shape index (κ1) is 13.6. The molecule has 0 bridgehead atoms. The molecule has 0 amide bonds. The summed E-state index contributed by atoms with van der Waals surface area (Å²) >= 11 is 0. The second-order valence-corrected chi connectivity index (χ2v) is 4.05. The molecule has 3 aromatic rings. The van der Waals surface area contributed by atoms with Crippen molar-refractivity contribution in [2.24, 2.45) is 0 Å². The lowest BCUT2D eigenvalue weighted by Crippen LogP contribution is -2.09. The van der Waals surface area contributed by atoms with Crippen LogP contribution in [0.5, 0.6) is 0 Å². The number of pyridine rings is 1. The molecular weight excluding hydrogens is 254 g/mol. The van der Waals surface area contributed by atoms with Gasteiger partial charge in [-0.1, -0.05) is 24.3 Å². The van der Waals surface area contributed by atoms with Crippen LogP contribution in [0.1, 0.15) is 17.4 Å². The van der Waals surface area contributed by atoms with Gasteiger partial charge < -0.3 is 0 Å². The van der Waals surface area contributed by atoms with Crippen LogP contribution in [0.15, 0.2) is 54.9 Å². The zero-order valence-corrected chi connectivity index (χ0v) is 10.9. The van der Waals surface area contributed by atoms with Gasteiger partial charge in [-0.05, 0) is 18.2 Å². The number of benzene rings is 1. The third-order valence-corrected chi connectivity index (χ3v) is 2.58. The Morgan fingerprint density at radius 1 is 1.00 bits per heavy atom. The number of fused-ring (bicyclic) bond motifs is 1. The number of ketones is 2. The summed E-state index contributed by atoms with van der Waals surface area (Å²) in [4.78, 5) is 25.4. The number of Topliss-reactive ketones (excluding diaryl/α,β-unsaturated/α-hetero) is 2. The Bertz CT molecular complexity index is 655. The highest BCUT2D eigenvalue weighted by molar-refractivity contribution is 6.42. The summed E-state index contributed by atoms with van der Waals surface area (Å²) in [6.07, 6.45) is 3.23. The van der Waals surface area contributed by atoms with Crippen LogP contribution in [-0.4, -0.2) is 26.7 Å². The highest BCUT2D eigenvalue weighted by Crippen LogP contribution is 2.07. The number of para-hydroxylation sites is 1. The summed E-state index contributed by atoms with van der Waals surface area (Å²) < 4.78 is 0. The van der Waals surface area contributed by atoms with E-state index in [2.05, 4.69) is 27.3 Å². The Labute approximate surface area is 115 Å². The average Bonchev–Trinajstić information content (AvgIpc) is 3.01. The van der Waals surface area contributed by atoms with Gasteiger partial charge in [0.25, 0.3) is 0 Å². The SMILES string of the molecule is CC(=O)C(=O)c1ccn[nH]1.c1ccc2ncccc2c1.